The van der Waals surface area contributed by atoms with Gasteiger partial charge in [-0.25, -0.2) is 4.98 Å². The Hall–Kier alpha value is -0.610. The van der Waals surface area contributed by atoms with Crippen LogP contribution in [0.5, 0.6) is 0 Å². The molecule has 1 aliphatic carbocycles. The van der Waals surface area contributed by atoms with E-state index in [4.69, 9.17) is 11.6 Å². The molecule has 0 N–H and O–H groups in total. The summed E-state index contributed by atoms with van der Waals surface area (Å²) in [5.74, 6) is 0.972. The molecular formula is C10H11BrClN3. The predicted molar refractivity (Wildman–Crippen MR) is 63.7 cm³/mol. The number of rotatable bonds is 2. The number of halogens is 2. The van der Waals surface area contributed by atoms with Gasteiger partial charge in [0.05, 0.1) is 0 Å². The quantitative estimate of drug-likeness (QED) is 0.837. The molecule has 0 spiro atoms. The minimum Gasteiger partial charge on any atom is -0.252 e. The summed E-state index contributed by atoms with van der Waals surface area (Å²) in [5.41, 5.74) is 1.35. The summed E-state index contributed by atoms with van der Waals surface area (Å²) in [6.07, 6.45) is 6.84. The van der Waals surface area contributed by atoms with E-state index in [2.05, 4.69) is 32.1 Å². The average molecular weight is 289 g/mol. The number of hydrogen-bond acceptors (Lipinski definition) is 2. The van der Waals surface area contributed by atoms with Crippen molar-refractivity contribution in [2.45, 2.75) is 19.3 Å². The van der Waals surface area contributed by atoms with Crippen LogP contribution >= 0.6 is 27.5 Å². The van der Waals surface area contributed by atoms with Crippen molar-refractivity contribution in [2.24, 2.45) is 7.05 Å². The summed E-state index contributed by atoms with van der Waals surface area (Å²) < 4.78 is 2.44. The van der Waals surface area contributed by atoms with E-state index in [-0.39, 0.29) is 0 Å². The molecule has 0 fully saturated rings. The highest BCUT2D eigenvalue weighted by Crippen LogP contribution is 2.23. The Morgan fingerprint density at radius 2 is 2.27 bits per heavy atom. The molecule has 0 amide bonds. The molecule has 5 heteroatoms. The highest BCUT2D eigenvalue weighted by Gasteiger charge is 2.10. The Kier molecular flexibility index (Phi) is 3.26. The Morgan fingerprint density at radius 1 is 1.47 bits per heavy atom. The summed E-state index contributed by atoms with van der Waals surface area (Å²) >= 11 is 9.16. The van der Waals surface area contributed by atoms with Crippen LogP contribution in [0, 0.1) is 0 Å². The third kappa shape index (κ3) is 2.69. The standard InChI is InChI=1S/C10H11BrClN3/c1-15-9(13-10(11)14-15)6-7-2-4-8(12)5-3-7/h2,4H,3,5-6H2,1H3. The summed E-state index contributed by atoms with van der Waals surface area (Å²) in [6.45, 7) is 0. The molecule has 0 aliphatic heterocycles. The molecule has 0 saturated heterocycles. The first-order valence-electron chi connectivity index (χ1n) is 4.74. The molecule has 1 aliphatic rings. The zero-order chi connectivity index (χ0) is 10.8. The topological polar surface area (TPSA) is 30.7 Å². The summed E-state index contributed by atoms with van der Waals surface area (Å²) in [6, 6.07) is 0. The molecule has 2 rings (SSSR count). The predicted octanol–water partition coefficient (Wildman–Crippen LogP) is 2.96. The Balaban J connectivity index is 2.13. The summed E-state index contributed by atoms with van der Waals surface area (Å²) in [7, 11) is 1.90. The third-order valence-corrected chi connectivity index (χ3v) is 3.05. The van der Waals surface area contributed by atoms with Gasteiger partial charge in [0, 0.05) is 18.5 Å². The van der Waals surface area contributed by atoms with E-state index in [0.29, 0.717) is 4.73 Å². The van der Waals surface area contributed by atoms with Gasteiger partial charge in [0.15, 0.2) is 0 Å². The zero-order valence-corrected chi connectivity index (χ0v) is 10.7. The third-order valence-electron chi connectivity index (χ3n) is 2.40. The largest absolute Gasteiger partial charge is 0.252 e. The Morgan fingerprint density at radius 3 is 2.80 bits per heavy atom. The molecule has 3 nitrogen and oxygen atoms in total. The van der Waals surface area contributed by atoms with Gasteiger partial charge in [-0.1, -0.05) is 23.3 Å². The van der Waals surface area contributed by atoms with Gasteiger partial charge in [-0.05, 0) is 34.8 Å². The van der Waals surface area contributed by atoms with Crippen LogP contribution in [0.4, 0.5) is 0 Å². The number of aryl methyl sites for hydroxylation is 1. The molecule has 0 bridgehead atoms. The van der Waals surface area contributed by atoms with Gasteiger partial charge in [-0.2, -0.15) is 0 Å². The Bertz CT molecular complexity index is 434. The van der Waals surface area contributed by atoms with Crippen molar-refractivity contribution in [3.8, 4) is 0 Å². The fourth-order valence-electron chi connectivity index (χ4n) is 1.54. The minimum atomic E-state index is 0.644. The van der Waals surface area contributed by atoms with Gasteiger partial charge in [-0.15, -0.1) is 5.10 Å². The van der Waals surface area contributed by atoms with Crippen molar-refractivity contribution in [3.05, 3.63) is 33.3 Å². The van der Waals surface area contributed by atoms with E-state index in [0.717, 1.165) is 30.1 Å². The Labute approximate surface area is 102 Å². The maximum atomic E-state index is 5.90. The van der Waals surface area contributed by atoms with E-state index in [9.17, 15) is 0 Å². The monoisotopic (exact) mass is 287 g/mol. The molecule has 1 aromatic heterocycles. The number of aromatic nitrogens is 3. The summed E-state index contributed by atoms with van der Waals surface area (Å²) in [4.78, 5) is 4.30. The van der Waals surface area contributed by atoms with Crippen molar-refractivity contribution in [3.63, 3.8) is 0 Å². The number of nitrogens with zero attached hydrogens (tertiary/aromatic N) is 3. The van der Waals surface area contributed by atoms with Crippen LogP contribution in [-0.4, -0.2) is 14.8 Å². The second-order valence-corrected chi connectivity index (χ2v) is 4.73. The lowest BCUT2D eigenvalue weighted by Gasteiger charge is -2.09. The maximum Gasteiger partial charge on any atom is 0.217 e. The minimum absolute atomic E-state index is 0.644. The molecule has 0 aromatic carbocycles. The molecule has 80 valence electrons. The van der Waals surface area contributed by atoms with Crippen LogP contribution in [0.15, 0.2) is 27.5 Å². The molecule has 1 aromatic rings. The van der Waals surface area contributed by atoms with Crippen LogP contribution in [0.2, 0.25) is 0 Å². The van der Waals surface area contributed by atoms with Crippen LogP contribution in [0.25, 0.3) is 0 Å². The second-order valence-electron chi connectivity index (χ2n) is 3.54. The average Bonchev–Trinajstić information content (AvgIpc) is 2.49. The lowest BCUT2D eigenvalue weighted by molar-refractivity contribution is 0.702. The zero-order valence-electron chi connectivity index (χ0n) is 8.37. The van der Waals surface area contributed by atoms with Crippen molar-refractivity contribution >= 4 is 27.5 Å². The lowest BCUT2D eigenvalue weighted by atomic mass is 10.0. The highest BCUT2D eigenvalue weighted by molar-refractivity contribution is 9.10. The van der Waals surface area contributed by atoms with Gasteiger partial charge in [0.2, 0.25) is 4.73 Å². The summed E-state index contributed by atoms with van der Waals surface area (Å²) in [5, 5.41) is 5.07. The van der Waals surface area contributed by atoms with E-state index in [1.54, 1.807) is 4.68 Å². The smallest absolute Gasteiger partial charge is 0.217 e. The van der Waals surface area contributed by atoms with Crippen LogP contribution in [0.1, 0.15) is 18.7 Å². The van der Waals surface area contributed by atoms with Crippen LogP contribution in [0.3, 0.4) is 0 Å². The lowest BCUT2D eigenvalue weighted by Crippen LogP contribution is -2.03. The molecular weight excluding hydrogens is 277 g/mol. The fourth-order valence-corrected chi connectivity index (χ4v) is 2.14. The SMILES string of the molecule is Cn1nc(Br)nc1CC1=CC=C(Cl)CC1. The normalized spacial score (nSPS) is 16.2. The van der Waals surface area contributed by atoms with Crippen molar-refractivity contribution in [1.29, 1.82) is 0 Å². The highest BCUT2D eigenvalue weighted by atomic mass is 79.9. The van der Waals surface area contributed by atoms with Gasteiger partial charge in [0.1, 0.15) is 5.82 Å². The van der Waals surface area contributed by atoms with Crippen molar-refractivity contribution in [1.82, 2.24) is 14.8 Å². The first kappa shape index (κ1) is 10.9. The van der Waals surface area contributed by atoms with Gasteiger partial charge in [-0.3, -0.25) is 4.68 Å². The van der Waals surface area contributed by atoms with E-state index < -0.39 is 0 Å². The van der Waals surface area contributed by atoms with Gasteiger partial charge >= 0.3 is 0 Å². The molecule has 0 saturated carbocycles. The number of allylic oxidation sites excluding steroid dienone is 4. The molecule has 15 heavy (non-hydrogen) atoms. The fraction of sp³-hybridized carbons (Fsp3) is 0.400. The van der Waals surface area contributed by atoms with E-state index >= 15 is 0 Å². The second kappa shape index (κ2) is 4.49. The molecule has 0 atom stereocenters. The first-order valence-corrected chi connectivity index (χ1v) is 5.92. The molecule has 0 radical (unpaired) electrons. The number of hydrogen-bond donors (Lipinski definition) is 0. The first-order chi connectivity index (χ1) is 7.15. The van der Waals surface area contributed by atoms with E-state index in [1.807, 2.05) is 13.1 Å². The van der Waals surface area contributed by atoms with Gasteiger partial charge < -0.3 is 0 Å². The van der Waals surface area contributed by atoms with Crippen molar-refractivity contribution in [2.75, 3.05) is 0 Å². The van der Waals surface area contributed by atoms with Crippen LogP contribution in [-0.2, 0) is 13.5 Å². The van der Waals surface area contributed by atoms with Crippen molar-refractivity contribution < 1.29 is 0 Å². The molecule has 0 unspecified atom stereocenters. The van der Waals surface area contributed by atoms with E-state index in [1.165, 1.54) is 5.57 Å². The van der Waals surface area contributed by atoms with Gasteiger partial charge in [0.25, 0.3) is 0 Å². The molecule has 1 heterocycles. The maximum absolute atomic E-state index is 5.90. The van der Waals surface area contributed by atoms with Crippen LogP contribution < -0.4 is 0 Å².